The van der Waals surface area contributed by atoms with Gasteiger partial charge in [0.15, 0.2) is 0 Å². The van der Waals surface area contributed by atoms with E-state index in [1.54, 1.807) is 12.1 Å². The lowest BCUT2D eigenvalue weighted by molar-refractivity contribution is 0.263. The summed E-state index contributed by atoms with van der Waals surface area (Å²) in [5.41, 5.74) is 0.497. The molecule has 3 heteroatoms. The van der Waals surface area contributed by atoms with E-state index in [-0.39, 0.29) is 0 Å². The van der Waals surface area contributed by atoms with Gasteiger partial charge in [-0.1, -0.05) is 185 Å². The maximum absolute atomic E-state index is 11.5. The Morgan fingerprint density at radius 3 is 0.920 bits per heavy atom. The fourth-order valence-corrected chi connectivity index (χ4v) is 7.43. The summed E-state index contributed by atoms with van der Waals surface area (Å²) in [6.45, 7) is 25.1. The number of hydrogen-bond acceptors (Lipinski definition) is 3. The van der Waals surface area contributed by atoms with Gasteiger partial charge < -0.3 is 9.47 Å². The van der Waals surface area contributed by atoms with Gasteiger partial charge in [-0.15, -0.1) is 0 Å². The maximum Gasteiger partial charge on any atom is 0.233 e. The van der Waals surface area contributed by atoms with Crippen LogP contribution in [0.2, 0.25) is 0 Å². The Kier molecular flexibility index (Phi) is 27.0. The molecule has 0 aliphatic heterocycles. The maximum atomic E-state index is 11.5. The van der Waals surface area contributed by atoms with Crippen molar-refractivity contribution in [2.45, 2.75) is 198 Å². The molecule has 0 aliphatic rings. The molecule has 0 saturated carbocycles. The van der Waals surface area contributed by atoms with Crippen molar-refractivity contribution in [2.24, 2.45) is 47.3 Å². The first-order valence-electron chi connectivity index (χ1n) is 21.7. The van der Waals surface area contributed by atoms with Crippen LogP contribution >= 0.6 is 0 Å². The van der Waals surface area contributed by atoms with Crippen molar-refractivity contribution in [3.63, 3.8) is 0 Å². The fraction of sp³-hybridized carbons (Fsp3) is 0.851. The average molecular weight is 698 g/mol. The van der Waals surface area contributed by atoms with Crippen molar-refractivity contribution in [3.05, 3.63) is 23.8 Å². The lowest BCUT2D eigenvalue weighted by Gasteiger charge is -2.17. The summed E-state index contributed by atoms with van der Waals surface area (Å²) in [4.78, 5) is 11.5. The zero-order valence-corrected chi connectivity index (χ0v) is 35.1. The Labute approximate surface area is 313 Å². The van der Waals surface area contributed by atoms with Crippen molar-refractivity contribution in [3.8, 4) is 11.5 Å². The smallest absolute Gasteiger partial charge is 0.233 e. The zero-order valence-electron chi connectivity index (χ0n) is 35.1. The first-order valence-corrected chi connectivity index (χ1v) is 21.7. The highest BCUT2D eigenvalue weighted by atomic mass is 16.5. The monoisotopic (exact) mass is 698 g/mol. The van der Waals surface area contributed by atoms with Crippen LogP contribution in [0.15, 0.2) is 18.2 Å². The summed E-state index contributed by atoms with van der Waals surface area (Å²) < 4.78 is 12.2. The highest BCUT2D eigenvalue weighted by Crippen LogP contribution is 2.27. The Morgan fingerprint density at radius 1 is 0.400 bits per heavy atom. The van der Waals surface area contributed by atoms with Crippen molar-refractivity contribution in [1.29, 1.82) is 0 Å². The molecule has 1 aromatic carbocycles. The van der Waals surface area contributed by atoms with Crippen molar-refractivity contribution in [1.82, 2.24) is 0 Å². The molecule has 0 aliphatic carbocycles. The summed E-state index contributed by atoms with van der Waals surface area (Å²) in [5, 5.41) is 0. The van der Waals surface area contributed by atoms with Gasteiger partial charge in [-0.25, -0.2) is 0 Å². The van der Waals surface area contributed by atoms with Crippen LogP contribution in [-0.2, 0) is 4.79 Å². The first-order chi connectivity index (χ1) is 23.9. The molecule has 50 heavy (non-hydrogen) atoms. The number of benzene rings is 1. The van der Waals surface area contributed by atoms with E-state index in [0.717, 1.165) is 48.3 Å². The largest absolute Gasteiger partial charge is 0.493 e. The highest BCUT2D eigenvalue weighted by Gasteiger charge is 2.11. The Morgan fingerprint density at radius 2 is 0.660 bits per heavy atom. The second kappa shape index (κ2) is 29.0. The van der Waals surface area contributed by atoms with E-state index in [0.29, 0.717) is 42.1 Å². The van der Waals surface area contributed by atoms with Gasteiger partial charge in [0.1, 0.15) is 11.5 Å². The van der Waals surface area contributed by atoms with E-state index in [4.69, 9.17) is 9.47 Å². The van der Waals surface area contributed by atoms with Crippen LogP contribution in [0.4, 0.5) is 0 Å². The summed E-state index contributed by atoms with van der Waals surface area (Å²) in [6.07, 6.45) is 28.5. The minimum atomic E-state index is 0.497. The van der Waals surface area contributed by atoms with Gasteiger partial charge in [0.05, 0.1) is 13.2 Å². The van der Waals surface area contributed by atoms with Crippen LogP contribution in [-0.4, -0.2) is 19.5 Å². The Hall–Kier alpha value is -1.51. The topological polar surface area (TPSA) is 35.5 Å². The number of carbonyl (C=O) groups excluding carboxylic acids is 1. The molecule has 0 amide bonds. The predicted molar refractivity (Wildman–Crippen MR) is 219 cm³/mol. The Bertz CT molecular complexity index is 870. The average Bonchev–Trinajstić information content (AvgIpc) is 3.04. The van der Waals surface area contributed by atoms with Gasteiger partial charge >= 0.3 is 0 Å². The quantitative estimate of drug-likeness (QED) is 0.0733. The molecule has 2 unspecified atom stereocenters. The van der Waals surface area contributed by atoms with Gasteiger partial charge in [0, 0.05) is 11.6 Å². The first kappa shape index (κ1) is 46.5. The third kappa shape index (κ3) is 26.3. The number of ether oxygens (including phenoxy) is 2. The van der Waals surface area contributed by atoms with Crippen LogP contribution in [0.25, 0.3) is 0 Å². The molecule has 0 fully saturated rings. The molecular formula is C47H85O3. The fourth-order valence-electron chi connectivity index (χ4n) is 7.43. The zero-order chi connectivity index (χ0) is 37.1. The summed E-state index contributed by atoms with van der Waals surface area (Å²) in [6, 6.07) is 5.51. The summed E-state index contributed by atoms with van der Waals surface area (Å²) >= 11 is 0. The molecule has 1 rings (SSSR count). The van der Waals surface area contributed by atoms with Gasteiger partial charge in [0.2, 0.25) is 6.29 Å². The van der Waals surface area contributed by atoms with Crippen LogP contribution in [0.5, 0.6) is 11.5 Å². The SMILES string of the molecule is CC(C)CCC[C@@H](C)CCC[C@@H](C)CCCC(C)CCOc1cc([C]=O)cc(OCCC(C)CCC[C@H](C)CCC[C@H](C)CCCC(C)C)c1. The van der Waals surface area contributed by atoms with Crippen molar-refractivity contribution < 1.29 is 14.3 Å². The van der Waals surface area contributed by atoms with Crippen LogP contribution in [0.3, 0.4) is 0 Å². The van der Waals surface area contributed by atoms with Crippen LogP contribution < -0.4 is 9.47 Å². The van der Waals surface area contributed by atoms with Crippen LogP contribution in [0.1, 0.15) is 203 Å². The summed E-state index contributed by atoms with van der Waals surface area (Å²) in [7, 11) is 0. The van der Waals surface area contributed by atoms with Crippen molar-refractivity contribution >= 4 is 6.29 Å². The Balaban J connectivity index is 2.22. The second-order valence-corrected chi connectivity index (χ2v) is 18.1. The normalized spacial score (nSPS) is 15.5. The number of rotatable bonds is 33. The van der Waals surface area contributed by atoms with E-state index in [1.165, 1.54) is 116 Å². The summed E-state index contributed by atoms with van der Waals surface area (Å²) in [5.74, 6) is 7.79. The van der Waals surface area contributed by atoms with E-state index in [1.807, 2.05) is 12.4 Å². The van der Waals surface area contributed by atoms with E-state index in [9.17, 15) is 4.79 Å². The third-order valence-electron chi connectivity index (χ3n) is 11.3. The molecule has 6 atom stereocenters. The van der Waals surface area contributed by atoms with Crippen molar-refractivity contribution in [2.75, 3.05) is 13.2 Å². The molecule has 0 saturated heterocycles. The second-order valence-electron chi connectivity index (χ2n) is 18.1. The molecule has 0 bridgehead atoms. The highest BCUT2D eigenvalue weighted by molar-refractivity contribution is 5.77. The molecular weight excluding hydrogens is 613 g/mol. The predicted octanol–water partition coefficient (Wildman–Crippen LogP) is 14.8. The van der Waals surface area contributed by atoms with E-state index < -0.39 is 0 Å². The molecule has 0 heterocycles. The third-order valence-corrected chi connectivity index (χ3v) is 11.3. The standard InChI is InChI=1S/C47H85O3/c1-37(2)17-11-19-39(5)21-13-23-41(7)25-15-27-43(9)29-31-49-46-33-45(36-48)34-47(35-46)50-32-30-44(10)28-16-26-42(8)24-14-22-40(6)20-12-18-38(3)4/h33-35,37-44H,11-32H2,1-10H3/t39-,40-,41-,42-,43?,44?/m1/s1. The number of hydrogen-bond donors (Lipinski definition) is 0. The lowest BCUT2D eigenvalue weighted by Crippen LogP contribution is -2.07. The minimum Gasteiger partial charge on any atom is -0.493 e. The molecule has 0 N–H and O–H groups in total. The molecule has 3 nitrogen and oxygen atoms in total. The minimum absolute atomic E-state index is 0.497. The van der Waals surface area contributed by atoms with Gasteiger partial charge in [-0.2, -0.15) is 0 Å². The molecule has 291 valence electrons. The van der Waals surface area contributed by atoms with Crippen LogP contribution in [0, 0.1) is 47.3 Å². The van der Waals surface area contributed by atoms with Gasteiger partial charge in [-0.3, -0.25) is 4.79 Å². The van der Waals surface area contributed by atoms with Gasteiger partial charge in [-0.05, 0) is 72.3 Å². The molecule has 0 spiro atoms. The van der Waals surface area contributed by atoms with E-state index >= 15 is 0 Å². The van der Waals surface area contributed by atoms with E-state index in [2.05, 4.69) is 69.2 Å². The molecule has 1 radical (unpaired) electrons. The van der Waals surface area contributed by atoms with Gasteiger partial charge in [0.25, 0.3) is 0 Å². The lowest BCUT2D eigenvalue weighted by atomic mass is 9.91. The molecule has 0 aromatic heterocycles. The molecule has 1 aromatic rings.